The lowest BCUT2D eigenvalue weighted by molar-refractivity contribution is -0.129. The first-order valence-electron chi connectivity index (χ1n) is 13.0. The van der Waals surface area contributed by atoms with E-state index < -0.39 is 17.2 Å². The first-order valence-corrected chi connectivity index (χ1v) is 13.4. The van der Waals surface area contributed by atoms with Gasteiger partial charge in [-0.05, 0) is 44.4 Å². The maximum atomic E-state index is 14.0. The van der Waals surface area contributed by atoms with Crippen LogP contribution in [0.2, 0.25) is 5.02 Å². The van der Waals surface area contributed by atoms with Gasteiger partial charge in [0.25, 0.3) is 5.56 Å². The van der Waals surface area contributed by atoms with E-state index in [0.29, 0.717) is 47.7 Å². The van der Waals surface area contributed by atoms with Crippen molar-refractivity contribution in [3.05, 3.63) is 92.6 Å². The molecule has 0 bridgehead atoms. The Labute approximate surface area is 239 Å². The number of piperidine rings is 1. The molecule has 9 nitrogen and oxygen atoms in total. The molecular weight excluding hydrogens is 554 g/mol. The number of halogens is 3. The van der Waals surface area contributed by atoms with E-state index >= 15 is 0 Å². The second-order valence-corrected chi connectivity index (χ2v) is 10.3. The average Bonchev–Trinajstić information content (AvgIpc) is 2.96. The van der Waals surface area contributed by atoms with Gasteiger partial charge in [-0.2, -0.15) is 0 Å². The molecule has 1 amide bonds. The number of hydrogen-bond donors (Lipinski definition) is 0. The molecule has 4 aromatic heterocycles. The van der Waals surface area contributed by atoms with Crippen molar-refractivity contribution in [2.24, 2.45) is 0 Å². The minimum absolute atomic E-state index is 0.0548. The third-order valence-electron chi connectivity index (χ3n) is 7.11. The van der Waals surface area contributed by atoms with E-state index in [1.54, 1.807) is 44.4 Å². The molecule has 5 rings (SSSR count). The maximum absolute atomic E-state index is 14.0. The average molecular weight is 581 g/mol. The standard InChI is InChI=1S/C29H27ClF2N6O3/c1-16-13-34-23(22-4-7-33-28(36-22)19-5-8-37(9-6-19)18(3)39)12-25(16)38-17(2)10-26(27(30)29(38)40)41-15-24-21(32)11-20(31)14-35-24/h4,7,10-14,19H,5-6,8-9,15H2,1-3H3. The molecule has 1 fully saturated rings. The van der Waals surface area contributed by atoms with E-state index in [2.05, 4.69) is 15.0 Å². The number of amides is 1. The SMILES string of the molecule is CC(=O)N1CCC(c2nccc(-c3cc(-n4c(C)cc(OCc5ncc(F)cc5F)c(Cl)c4=O)c(C)cn3)n2)CC1. The largest absolute Gasteiger partial charge is 0.485 e. The number of pyridine rings is 3. The predicted molar refractivity (Wildman–Crippen MR) is 148 cm³/mol. The molecular formula is C29H27ClF2N6O3. The fourth-order valence-electron chi connectivity index (χ4n) is 4.84. The van der Waals surface area contributed by atoms with E-state index in [9.17, 15) is 18.4 Å². The lowest BCUT2D eigenvalue weighted by Gasteiger charge is -2.30. The van der Waals surface area contributed by atoms with Crippen molar-refractivity contribution in [3.63, 3.8) is 0 Å². The summed E-state index contributed by atoms with van der Waals surface area (Å²) in [5.41, 5.74) is 2.32. The number of aromatic nitrogens is 5. The van der Waals surface area contributed by atoms with E-state index in [0.717, 1.165) is 24.6 Å². The lowest BCUT2D eigenvalue weighted by atomic mass is 9.96. The van der Waals surface area contributed by atoms with Crippen molar-refractivity contribution in [1.29, 1.82) is 0 Å². The zero-order chi connectivity index (χ0) is 29.3. The van der Waals surface area contributed by atoms with E-state index in [4.69, 9.17) is 21.3 Å². The van der Waals surface area contributed by atoms with Gasteiger partial charge in [-0.25, -0.2) is 18.7 Å². The van der Waals surface area contributed by atoms with Gasteiger partial charge < -0.3 is 9.64 Å². The summed E-state index contributed by atoms with van der Waals surface area (Å²) in [6.45, 7) is 6.12. The maximum Gasteiger partial charge on any atom is 0.277 e. The molecule has 212 valence electrons. The van der Waals surface area contributed by atoms with Crippen LogP contribution in [-0.2, 0) is 11.4 Å². The van der Waals surface area contributed by atoms with Crippen molar-refractivity contribution in [3.8, 4) is 22.8 Å². The molecule has 0 aromatic carbocycles. The normalized spacial score (nSPS) is 13.9. The third-order valence-corrected chi connectivity index (χ3v) is 7.45. The van der Waals surface area contributed by atoms with Gasteiger partial charge in [-0.3, -0.25) is 24.1 Å². The van der Waals surface area contributed by atoms with Gasteiger partial charge in [0.05, 0.1) is 23.3 Å². The summed E-state index contributed by atoms with van der Waals surface area (Å²) in [4.78, 5) is 44.4. The second kappa shape index (κ2) is 11.7. The zero-order valence-corrected chi connectivity index (χ0v) is 23.5. The topological polar surface area (TPSA) is 103 Å². The number of likely N-dealkylation sites (tertiary alicyclic amines) is 1. The molecule has 0 aliphatic carbocycles. The van der Waals surface area contributed by atoms with Crippen molar-refractivity contribution < 1.29 is 18.3 Å². The van der Waals surface area contributed by atoms with E-state index in [-0.39, 0.29) is 34.9 Å². The number of ether oxygens (including phenoxy) is 1. The van der Waals surface area contributed by atoms with Gasteiger partial charge in [0, 0.05) is 56.2 Å². The van der Waals surface area contributed by atoms with Crippen LogP contribution in [-0.4, -0.2) is 48.4 Å². The lowest BCUT2D eigenvalue weighted by Crippen LogP contribution is -2.36. The summed E-state index contributed by atoms with van der Waals surface area (Å²) >= 11 is 6.40. The van der Waals surface area contributed by atoms with Crippen LogP contribution in [0.5, 0.6) is 5.75 Å². The Hall–Kier alpha value is -4.25. The zero-order valence-electron chi connectivity index (χ0n) is 22.7. The number of hydrogen-bond acceptors (Lipinski definition) is 7. The van der Waals surface area contributed by atoms with Crippen LogP contribution in [0.1, 0.15) is 48.5 Å². The predicted octanol–water partition coefficient (Wildman–Crippen LogP) is 4.94. The monoisotopic (exact) mass is 580 g/mol. The van der Waals surface area contributed by atoms with E-state index in [1.165, 1.54) is 4.57 Å². The number of aryl methyl sites for hydroxylation is 2. The molecule has 0 atom stereocenters. The van der Waals surface area contributed by atoms with Gasteiger partial charge in [0.1, 0.15) is 34.7 Å². The van der Waals surface area contributed by atoms with Crippen LogP contribution in [0.4, 0.5) is 8.78 Å². The van der Waals surface area contributed by atoms with Crippen molar-refractivity contribution in [2.75, 3.05) is 13.1 Å². The van der Waals surface area contributed by atoms with Crippen LogP contribution < -0.4 is 10.3 Å². The smallest absolute Gasteiger partial charge is 0.277 e. The Kier molecular flexibility index (Phi) is 8.07. The van der Waals surface area contributed by atoms with Gasteiger partial charge in [-0.1, -0.05) is 11.6 Å². The highest BCUT2D eigenvalue weighted by Crippen LogP contribution is 2.29. The molecule has 12 heteroatoms. The van der Waals surface area contributed by atoms with Gasteiger partial charge >= 0.3 is 0 Å². The summed E-state index contributed by atoms with van der Waals surface area (Å²) in [5, 5.41) is -0.197. The molecule has 0 N–H and O–H groups in total. The molecule has 0 unspecified atom stereocenters. The molecule has 0 spiro atoms. The van der Waals surface area contributed by atoms with Crippen LogP contribution in [0.3, 0.4) is 0 Å². The summed E-state index contributed by atoms with van der Waals surface area (Å²) in [7, 11) is 0. The molecule has 1 saturated heterocycles. The van der Waals surface area contributed by atoms with Crippen molar-refractivity contribution >= 4 is 17.5 Å². The summed E-state index contributed by atoms with van der Waals surface area (Å²) in [6.07, 6.45) is 5.79. The molecule has 1 aliphatic heterocycles. The number of nitrogens with zero attached hydrogens (tertiary/aromatic N) is 6. The third kappa shape index (κ3) is 5.95. The van der Waals surface area contributed by atoms with Crippen LogP contribution >= 0.6 is 11.6 Å². The Morgan fingerprint density at radius 2 is 1.83 bits per heavy atom. The quantitative estimate of drug-likeness (QED) is 0.318. The molecule has 4 aromatic rings. The van der Waals surface area contributed by atoms with Crippen molar-refractivity contribution in [2.45, 2.75) is 46.1 Å². The van der Waals surface area contributed by atoms with Gasteiger partial charge in [0.2, 0.25) is 5.91 Å². The molecule has 0 radical (unpaired) electrons. The van der Waals surface area contributed by atoms with Crippen LogP contribution in [0.25, 0.3) is 17.1 Å². The number of rotatable bonds is 6. The summed E-state index contributed by atoms with van der Waals surface area (Å²) in [5.74, 6) is -0.717. The fourth-order valence-corrected chi connectivity index (χ4v) is 5.03. The Morgan fingerprint density at radius 3 is 2.54 bits per heavy atom. The Balaban J connectivity index is 1.43. The molecule has 0 saturated carbocycles. The van der Waals surface area contributed by atoms with Crippen LogP contribution in [0.15, 0.2) is 47.7 Å². The Bertz CT molecular complexity index is 1690. The van der Waals surface area contributed by atoms with Crippen molar-refractivity contribution in [1.82, 2.24) is 29.4 Å². The fraction of sp³-hybridized carbons (Fsp3) is 0.310. The highest BCUT2D eigenvalue weighted by atomic mass is 35.5. The first kappa shape index (κ1) is 28.3. The molecule has 41 heavy (non-hydrogen) atoms. The highest BCUT2D eigenvalue weighted by Gasteiger charge is 2.24. The number of carbonyl (C=O) groups excluding carboxylic acids is 1. The van der Waals surface area contributed by atoms with Gasteiger partial charge in [-0.15, -0.1) is 0 Å². The number of carbonyl (C=O) groups is 1. The summed E-state index contributed by atoms with van der Waals surface area (Å²) in [6, 6.07) is 5.81. The van der Waals surface area contributed by atoms with E-state index in [1.807, 2.05) is 11.8 Å². The first-order chi connectivity index (χ1) is 19.6. The molecule has 5 heterocycles. The Morgan fingerprint density at radius 1 is 1.07 bits per heavy atom. The second-order valence-electron chi connectivity index (χ2n) is 9.91. The highest BCUT2D eigenvalue weighted by molar-refractivity contribution is 6.31. The van der Waals surface area contributed by atoms with Gasteiger partial charge in [0.15, 0.2) is 5.82 Å². The minimum atomic E-state index is -0.861. The molecule has 1 aliphatic rings. The summed E-state index contributed by atoms with van der Waals surface area (Å²) < 4.78 is 34.2. The van der Waals surface area contributed by atoms with Crippen LogP contribution in [0, 0.1) is 25.5 Å². The minimum Gasteiger partial charge on any atom is -0.485 e.